The van der Waals surface area contributed by atoms with E-state index in [0.29, 0.717) is 12.3 Å². The van der Waals surface area contributed by atoms with Crippen LogP contribution in [0.3, 0.4) is 0 Å². The summed E-state index contributed by atoms with van der Waals surface area (Å²) in [5, 5.41) is 0. The van der Waals surface area contributed by atoms with Crippen LogP contribution in [0.15, 0.2) is 18.2 Å². The molecule has 2 rings (SSSR count). The molecule has 4 nitrogen and oxygen atoms in total. The van der Waals surface area contributed by atoms with Gasteiger partial charge in [-0.3, -0.25) is 4.79 Å². The van der Waals surface area contributed by atoms with Crippen molar-refractivity contribution in [2.45, 2.75) is 32.2 Å². The molecule has 0 N–H and O–H groups in total. The second-order valence-corrected chi connectivity index (χ2v) is 3.78. The highest BCUT2D eigenvalue weighted by molar-refractivity contribution is 5.71. The molecule has 1 aliphatic heterocycles. The molecular weight excluding hydrogens is 206 g/mol. The summed E-state index contributed by atoms with van der Waals surface area (Å²) in [6.45, 7) is 1.17. The number of carbonyl (C=O) groups excluding carboxylic acids is 1. The summed E-state index contributed by atoms with van der Waals surface area (Å²) in [5.41, 5.74) is 1.20. The minimum absolute atomic E-state index is 0.115. The van der Waals surface area contributed by atoms with Crippen molar-refractivity contribution >= 4 is 6.29 Å². The molecule has 4 heteroatoms. The lowest BCUT2D eigenvalue weighted by atomic mass is 10.2. The van der Waals surface area contributed by atoms with E-state index in [0.717, 1.165) is 37.8 Å². The van der Waals surface area contributed by atoms with E-state index in [9.17, 15) is 4.79 Å². The van der Waals surface area contributed by atoms with E-state index >= 15 is 0 Å². The van der Waals surface area contributed by atoms with Crippen LogP contribution in [0.4, 0.5) is 0 Å². The lowest BCUT2D eigenvalue weighted by Crippen LogP contribution is -2.22. The highest BCUT2D eigenvalue weighted by Gasteiger charge is 2.14. The van der Waals surface area contributed by atoms with Crippen molar-refractivity contribution in [2.24, 2.45) is 0 Å². The smallest absolute Gasteiger partial charge is 0.168 e. The minimum atomic E-state index is -0.115. The van der Waals surface area contributed by atoms with E-state index < -0.39 is 0 Å². The first-order valence-electron chi connectivity index (χ1n) is 5.53. The number of ether oxygens (including phenoxy) is 2. The number of carbonyl (C=O) groups is 1. The van der Waals surface area contributed by atoms with Crippen molar-refractivity contribution in [3.05, 3.63) is 29.6 Å². The molecule has 0 unspecified atom stereocenters. The van der Waals surface area contributed by atoms with Gasteiger partial charge in [0.05, 0.1) is 12.3 Å². The molecule has 16 heavy (non-hydrogen) atoms. The molecule has 1 saturated heterocycles. The zero-order chi connectivity index (χ0) is 11.2. The van der Waals surface area contributed by atoms with E-state index in [1.165, 1.54) is 0 Å². The van der Waals surface area contributed by atoms with Crippen LogP contribution in [-0.4, -0.2) is 24.2 Å². The van der Waals surface area contributed by atoms with Crippen molar-refractivity contribution in [3.8, 4) is 0 Å². The first-order chi connectivity index (χ1) is 7.88. The zero-order valence-corrected chi connectivity index (χ0v) is 9.09. The Bertz CT molecular complexity index is 348. The Labute approximate surface area is 94.6 Å². The normalized spacial score (nSPS) is 20.6. The number of rotatable bonds is 4. The van der Waals surface area contributed by atoms with Gasteiger partial charge in [0.1, 0.15) is 5.69 Å². The average molecular weight is 221 g/mol. The minimum Gasteiger partial charge on any atom is -0.353 e. The third kappa shape index (κ3) is 3.12. The number of aldehydes is 1. The number of pyridine rings is 1. The van der Waals surface area contributed by atoms with Gasteiger partial charge in [-0.15, -0.1) is 0 Å². The van der Waals surface area contributed by atoms with Crippen LogP contribution in [0.1, 0.15) is 35.4 Å². The van der Waals surface area contributed by atoms with Gasteiger partial charge >= 0.3 is 0 Å². The van der Waals surface area contributed by atoms with Gasteiger partial charge in [-0.2, -0.15) is 0 Å². The molecule has 1 atom stereocenters. The molecule has 1 aromatic heterocycles. The van der Waals surface area contributed by atoms with Crippen LogP contribution < -0.4 is 0 Å². The van der Waals surface area contributed by atoms with Crippen molar-refractivity contribution in [1.82, 2.24) is 4.98 Å². The highest BCUT2D eigenvalue weighted by atomic mass is 16.7. The summed E-state index contributed by atoms with van der Waals surface area (Å²) in [5.74, 6) is 0. The molecule has 1 fully saturated rings. The molecule has 0 spiro atoms. The molecule has 0 saturated carbocycles. The van der Waals surface area contributed by atoms with Crippen LogP contribution in [0.25, 0.3) is 0 Å². The van der Waals surface area contributed by atoms with Crippen LogP contribution in [-0.2, 0) is 16.1 Å². The van der Waals surface area contributed by atoms with E-state index in [1.807, 2.05) is 6.07 Å². The van der Waals surface area contributed by atoms with E-state index in [4.69, 9.17) is 9.47 Å². The van der Waals surface area contributed by atoms with Gasteiger partial charge in [0.2, 0.25) is 0 Å². The molecule has 2 heterocycles. The molecule has 0 bridgehead atoms. The Balaban J connectivity index is 1.85. The predicted octanol–water partition coefficient (Wildman–Crippen LogP) is 1.94. The topological polar surface area (TPSA) is 48.4 Å². The van der Waals surface area contributed by atoms with Gasteiger partial charge in [-0.1, -0.05) is 6.07 Å². The highest BCUT2D eigenvalue weighted by Crippen LogP contribution is 2.15. The quantitative estimate of drug-likeness (QED) is 0.729. The fourth-order valence-corrected chi connectivity index (χ4v) is 1.67. The third-order valence-corrected chi connectivity index (χ3v) is 2.50. The average Bonchev–Trinajstić information content (AvgIpc) is 2.38. The fourth-order valence-electron chi connectivity index (χ4n) is 1.67. The molecule has 0 amide bonds. The van der Waals surface area contributed by atoms with Gasteiger partial charge in [0, 0.05) is 6.61 Å². The number of nitrogens with zero attached hydrogens (tertiary/aromatic N) is 1. The molecule has 86 valence electrons. The van der Waals surface area contributed by atoms with Crippen LogP contribution >= 0.6 is 0 Å². The summed E-state index contributed by atoms with van der Waals surface area (Å²) in [4.78, 5) is 14.7. The standard InChI is InChI=1S/C12H15NO3/c14-8-10-4-3-5-11(13-10)9-16-12-6-1-2-7-15-12/h3-5,8,12H,1-2,6-7,9H2/t12-/m0/s1. The maximum Gasteiger partial charge on any atom is 0.168 e. The van der Waals surface area contributed by atoms with Crippen molar-refractivity contribution in [1.29, 1.82) is 0 Å². The van der Waals surface area contributed by atoms with Crippen molar-refractivity contribution < 1.29 is 14.3 Å². The fraction of sp³-hybridized carbons (Fsp3) is 0.500. The molecular formula is C12H15NO3. The summed E-state index contributed by atoms with van der Waals surface area (Å²) < 4.78 is 11.0. The SMILES string of the molecule is O=Cc1cccc(CO[C@H]2CCCCO2)n1. The Kier molecular flexibility index (Phi) is 4.02. The Morgan fingerprint density at radius 1 is 1.50 bits per heavy atom. The summed E-state index contributed by atoms with van der Waals surface area (Å²) in [6.07, 6.45) is 3.81. The second kappa shape index (κ2) is 5.72. The Morgan fingerprint density at radius 3 is 3.19 bits per heavy atom. The summed E-state index contributed by atoms with van der Waals surface area (Å²) in [7, 11) is 0. The predicted molar refractivity (Wildman–Crippen MR) is 58.0 cm³/mol. The van der Waals surface area contributed by atoms with E-state index in [1.54, 1.807) is 12.1 Å². The lowest BCUT2D eigenvalue weighted by Gasteiger charge is -2.22. The monoisotopic (exact) mass is 221 g/mol. The third-order valence-electron chi connectivity index (χ3n) is 2.50. The lowest BCUT2D eigenvalue weighted by molar-refractivity contribution is -0.169. The second-order valence-electron chi connectivity index (χ2n) is 3.78. The zero-order valence-electron chi connectivity index (χ0n) is 9.09. The summed E-state index contributed by atoms with van der Waals surface area (Å²) >= 11 is 0. The van der Waals surface area contributed by atoms with Gasteiger partial charge in [0.25, 0.3) is 0 Å². The largest absolute Gasteiger partial charge is 0.353 e. The van der Waals surface area contributed by atoms with E-state index in [2.05, 4.69) is 4.98 Å². The molecule has 0 aromatic carbocycles. The van der Waals surface area contributed by atoms with Crippen LogP contribution in [0, 0.1) is 0 Å². The van der Waals surface area contributed by atoms with Gasteiger partial charge in [-0.25, -0.2) is 4.98 Å². The number of hydrogen-bond acceptors (Lipinski definition) is 4. The van der Waals surface area contributed by atoms with E-state index in [-0.39, 0.29) is 6.29 Å². The van der Waals surface area contributed by atoms with Crippen molar-refractivity contribution in [2.75, 3.05) is 6.61 Å². The number of hydrogen-bond donors (Lipinski definition) is 0. The Hall–Kier alpha value is -1.26. The summed E-state index contributed by atoms with van der Waals surface area (Å²) in [6, 6.07) is 5.32. The van der Waals surface area contributed by atoms with Gasteiger partial charge in [-0.05, 0) is 31.4 Å². The first-order valence-corrected chi connectivity index (χ1v) is 5.53. The molecule has 1 aromatic rings. The van der Waals surface area contributed by atoms with Gasteiger partial charge < -0.3 is 9.47 Å². The molecule has 0 radical (unpaired) electrons. The molecule has 0 aliphatic carbocycles. The maximum absolute atomic E-state index is 10.5. The Morgan fingerprint density at radius 2 is 2.44 bits per heavy atom. The molecule has 1 aliphatic rings. The van der Waals surface area contributed by atoms with Crippen LogP contribution in [0.5, 0.6) is 0 Å². The van der Waals surface area contributed by atoms with Crippen molar-refractivity contribution in [3.63, 3.8) is 0 Å². The number of aromatic nitrogens is 1. The maximum atomic E-state index is 10.5. The van der Waals surface area contributed by atoms with Gasteiger partial charge in [0.15, 0.2) is 12.6 Å². The first kappa shape index (κ1) is 11.2. The van der Waals surface area contributed by atoms with Crippen LogP contribution in [0.2, 0.25) is 0 Å².